The van der Waals surface area contributed by atoms with Gasteiger partial charge in [-0.3, -0.25) is 0 Å². The van der Waals surface area contributed by atoms with Crippen LogP contribution in [0.25, 0.3) is 0 Å². The highest BCUT2D eigenvalue weighted by Crippen LogP contribution is 2.34. The molecule has 1 N–H and O–H groups in total. The van der Waals surface area contributed by atoms with Gasteiger partial charge in [-0.25, -0.2) is 0 Å². The van der Waals surface area contributed by atoms with Crippen LogP contribution >= 0.6 is 27.3 Å². The molecule has 0 bridgehead atoms. The summed E-state index contributed by atoms with van der Waals surface area (Å²) in [4.78, 5) is 1.26. The lowest BCUT2D eigenvalue weighted by Crippen LogP contribution is -2.18. The molecule has 0 unspecified atom stereocenters. The quantitative estimate of drug-likeness (QED) is 0.784. The van der Waals surface area contributed by atoms with Gasteiger partial charge < -0.3 is 14.8 Å². The van der Waals surface area contributed by atoms with Crippen LogP contribution in [-0.2, 0) is 11.3 Å². The minimum absolute atomic E-state index is 0.764. The Morgan fingerprint density at radius 3 is 2.93 bits per heavy atom. The fraction of sp³-hybridized carbons (Fsp3) is 0.600. The van der Waals surface area contributed by atoms with Gasteiger partial charge in [0, 0.05) is 24.6 Å². The first-order valence-electron chi connectivity index (χ1n) is 4.88. The van der Waals surface area contributed by atoms with Crippen LogP contribution in [0.3, 0.4) is 0 Å². The second-order valence-corrected chi connectivity index (χ2v) is 4.88. The van der Waals surface area contributed by atoms with Crippen molar-refractivity contribution in [2.24, 2.45) is 0 Å². The molecule has 1 aromatic heterocycles. The van der Waals surface area contributed by atoms with E-state index in [9.17, 15) is 0 Å². The predicted octanol–water partition coefficient (Wildman–Crippen LogP) is 2.65. The smallest absolute Gasteiger partial charge is 0.188 e. The van der Waals surface area contributed by atoms with Crippen molar-refractivity contribution in [3.05, 3.63) is 15.4 Å². The molecule has 0 atom stereocenters. The molecular weight excluding hydrogens is 278 g/mol. The average molecular weight is 294 g/mol. The molecule has 15 heavy (non-hydrogen) atoms. The van der Waals surface area contributed by atoms with E-state index < -0.39 is 0 Å². The molecule has 0 saturated heterocycles. The van der Waals surface area contributed by atoms with Crippen molar-refractivity contribution < 1.29 is 9.47 Å². The number of halogens is 1. The summed E-state index contributed by atoms with van der Waals surface area (Å²) in [5.74, 6) is 0. The molecule has 0 saturated carbocycles. The summed E-state index contributed by atoms with van der Waals surface area (Å²) in [5, 5.41) is 4.24. The Morgan fingerprint density at radius 2 is 2.33 bits per heavy atom. The van der Waals surface area contributed by atoms with Gasteiger partial charge in [0.25, 0.3) is 0 Å². The van der Waals surface area contributed by atoms with Crippen LogP contribution in [0.5, 0.6) is 5.06 Å². The number of hydrogen-bond acceptors (Lipinski definition) is 4. The first-order chi connectivity index (χ1) is 7.27. The van der Waals surface area contributed by atoms with Crippen LogP contribution in [0.1, 0.15) is 11.8 Å². The molecule has 1 rings (SSSR count). The Hall–Kier alpha value is -0.100. The summed E-state index contributed by atoms with van der Waals surface area (Å²) >= 11 is 5.09. The molecule has 0 aliphatic carbocycles. The minimum atomic E-state index is 0.764. The predicted molar refractivity (Wildman–Crippen MR) is 66.8 cm³/mol. The Morgan fingerprint density at radius 1 is 1.53 bits per heavy atom. The highest BCUT2D eigenvalue weighted by atomic mass is 79.9. The van der Waals surface area contributed by atoms with E-state index >= 15 is 0 Å². The number of rotatable bonds is 7. The summed E-state index contributed by atoms with van der Waals surface area (Å²) in [6, 6.07) is 2.08. The van der Waals surface area contributed by atoms with E-state index in [1.165, 1.54) is 4.88 Å². The molecule has 5 heteroatoms. The monoisotopic (exact) mass is 293 g/mol. The lowest BCUT2D eigenvalue weighted by atomic mass is 10.4. The lowest BCUT2D eigenvalue weighted by molar-refractivity contribution is 0.149. The highest BCUT2D eigenvalue weighted by molar-refractivity contribution is 9.10. The molecular formula is C10H16BrNO2S. The fourth-order valence-electron chi connectivity index (χ4n) is 1.12. The van der Waals surface area contributed by atoms with Gasteiger partial charge in [0.1, 0.15) is 0 Å². The third kappa shape index (κ3) is 4.51. The topological polar surface area (TPSA) is 30.5 Å². The summed E-state index contributed by atoms with van der Waals surface area (Å²) in [6.07, 6.45) is 0. The maximum Gasteiger partial charge on any atom is 0.188 e. The summed E-state index contributed by atoms with van der Waals surface area (Å²) in [7, 11) is 1.68. The maximum absolute atomic E-state index is 5.23. The zero-order chi connectivity index (χ0) is 11.1. The number of methoxy groups -OCH3 is 1. The standard InChI is InChI=1S/C10H16BrNO2S/c1-3-14-5-4-12-7-8-6-9(11)10(13-2)15-8/h6,12H,3-5,7H2,1-2H3. The summed E-state index contributed by atoms with van der Waals surface area (Å²) in [6.45, 7) is 5.28. The summed E-state index contributed by atoms with van der Waals surface area (Å²) in [5.41, 5.74) is 0. The van der Waals surface area contributed by atoms with E-state index in [0.717, 1.165) is 35.8 Å². The van der Waals surface area contributed by atoms with Gasteiger partial charge in [-0.05, 0) is 28.9 Å². The van der Waals surface area contributed by atoms with Gasteiger partial charge in [0.2, 0.25) is 0 Å². The molecule has 0 aliphatic heterocycles. The molecule has 1 heterocycles. The SMILES string of the molecule is CCOCCNCc1cc(Br)c(OC)s1. The van der Waals surface area contributed by atoms with E-state index in [2.05, 4.69) is 27.3 Å². The molecule has 0 aliphatic rings. The molecule has 3 nitrogen and oxygen atoms in total. The van der Waals surface area contributed by atoms with Crippen LogP contribution in [0.2, 0.25) is 0 Å². The van der Waals surface area contributed by atoms with E-state index in [0.29, 0.717) is 0 Å². The zero-order valence-corrected chi connectivity index (χ0v) is 11.4. The third-order valence-electron chi connectivity index (χ3n) is 1.82. The van der Waals surface area contributed by atoms with E-state index in [1.807, 2.05) is 6.92 Å². The first kappa shape index (κ1) is 13.0. The average Bonchev–Trinajstić information content (AvgIpc) is 2.59. The van der Waals surface area contributed by atoms with Gasteiger partial charge in [0.05, 0.1) is 18.2 Å². The van der Waals surface area contributed by atoms with Crippen molar-refractivity contribution in [1.82, 2.24) is 5.32 Å². The first-order valence-corrected chi connectivity index (χ1v) is 6.49. The number of thiophene rings is 1. The second-order valence-electron chi connectivity index (χ2n) is 2.93. The Balaban J connectivity index is 2.25. The van der Waals surface area contributed by atoms with Crippen LogP contribution in [0, 0.1) is 0 Å². The van der Waals surface area contributed by atoms with E-state index in [-0.39, 0.29) is 0 Å². The molecule has 1 aromatic rings. The second kappa shape index (κ2) is 7.22. The molecule has 0 aromatic carbocycles. The normalized spacial score (nSPS) is 10.6. The van der Waals surface area contributed by atoms with Gasteiger partial charge in [0.15, 0.2) is 5.06 Å². The number of nitrogens with one attached hydrogen (secondary N) is 1. The van der Waals surface area contributed by atoms with Crippen molar-refractivity contribution in [1.29, 1.82) is 0 Å². The van der Waals surface area contributed by atoms with Gasteiger partial charge in [-0.2, -0.15) is 0 Å². The van der Waals surface area contributed by atoms with Crippen molar-refractivity contribution >= 4 is 27.3 Å². The lowest BCUT2D eigenvalue weighted by Gasteiger charge is -2.02. The van der Waals surface area contributed by atoms with Crippen molar-refractivity contribution in [2.75, 3.05) is 26.9 Å². The van der Waals surface area contributed by atoms with Crippen LogP contribution in [-0.4, -0.2) is 26.9 Å². The zero-order valence-electron chi connectivity index (χ0n) is 9.01. The van der Waals surface area contributed by atoms with Gasteiger partial charge >= 0.3 is 0 Å². The third-order valence-corrected chi connectivity index (χ3v) is 3.77. The number of ether oxygens (including phenoxy) is 2. The molecule has 0 amide bonds. The van der Waals surface area contributed by atoms with Crippen LogP contribution < -0.4 is 10.1 Å². The Labute approximate surface area is 103 Å². The van der Waals surface area contributed by atoms with Gasteiger partial charge in [-0.1, -0.05) is 0 Å². The Bertz CT molecular complexity index is 291. The number of hydrogen-bond donors (Lipinski definition) is 1. The molecule has 86 valence electrons. The summed E-state index contributed by atoms with van der Waals surface area (Å²) < 4.78 is 11.4. The molecule has 0 spiro atoms. The van der Waals surface area contributed by atoms with Crippen molar-refractivity contribution in [2.45, 2.75) is 13.5 Å². The largest absolute Gasteiger partial charge is 0.486 e. The minimum Gasteiger partial charge on any atom is -0.486 e. The van der Waals surface area contributed by atoms with E-state index in [4.69, 9.17) is 9.47 Å². The highest BCUT2D eigenvalue weighted by Gasteiger charge is 2.05. The van der Waals surface area contributed by atoms with Gasteiger partial charge in [-0.15, -0.1) is 11.3 Å². The van der Waals surface area contributed by atoms with Crippen molar-refractivity contribution in [3.63, 3.8) is 0 Å². The van der Waals surface area contributed by atoms with Crippen LogP contribution in [0.4, 0.5) is 0 Å². The molecule has 0 fully saturated rings. The Kier molecular flexibility index (Phi) is 6.24. The fourth-order valence-corrected chi connectivity index (χ4v) is 2.79. The molecule has 0 radical (unpaired) electrons. The van der Waals surface area contributed by atoms with Crippen molar-refractivity contribution in [3.8, 4) is 5.06 Å². The maximum atomic E-state index is 5.23. The van der Waals surface area contributed by atoms with E-state index in [1.54, 1.807) is 18.4 Å². The van der Waals surface area contributed by atoms with Crippen LogP contribution in [0.15, 0.2) is 10.5 Å².